The molecule has 2 N–H and O–H groups in total. The number of aliphatic carboxylic acids is 1. The van der Waals surface area contributed by atoms with Gasteiger partial charge in [0, 0.05) is 23.7 Å². The molecule has 0 aliphatic heterocycles. The third kappa shape index (κ3) is 4.84. The van der Waals surface area contributed by atoms with Crippen LogP contribution < -0.4 is 5.32 Å². The minimum Gasteiger partial charge on any atom is -0.480 e. The number of nitrogens with one attached hydrogen (secondary N) is 1. The standard InChI is InChI=1S/C16H20ClF3N2O2/c1-2-22(9-15(23)24)13-6-12(7-13)21-8-10-5-11(16(18,19)20)3-4-14(10)17/h3-5,12-13,21H,2,6-9H2,1H3,(H,23,24). The first kappa shape index (κ1) is 19.0. The van der Waals surface area contributed by atoms with Crippen molar-refractivity contribution in [3.8, 4) is 0 Å². The Morgan fingerprint density at radius 2 is 2.08 bits per heavy atom. The number of benzene rings is 1. The van der Waals surface area contributed by atoms with Crippen LogP contribution in [0.25, 0.3) is 0 Å². The van der Waals surface area contributed by atoms with Crippen LogP contribution in [-0.2, 0) is 17.5 Å². The maximum atomic E-state index is 12.7. The van der Waals surface area contributed by atoms with Gasteiger partial charge in [-0.2, -0.15) is 13.2 Å². The number of hydrogen-bond donors (Lipinski definition) is 2. The fourth-order valence-corrected chi connectivity index (χ4v) is 3.05. The molecule has 2 rings (SSSR count). The van der Waals surface area contributed by atoms with E-state index in [0.29, 0.717) is 17.1 Å². The van der Waals surface area contributed by atoms with Gasteiger partial charge in [-0.1, -0.05) is 18.5 Å². The van der Waals surface area contributed by atoms with Crippen molar-refractivity contribution in [1.82, 2.24) is 10.2 Å². The third-order valence-corrected chi connectivity index (χ3v) is 4.70. The largest absolute Gasteiger partial charge is 0.480 e. The molecular weight excluding hydrogens is 345 g/mol. The van der Waals surface area contributed by atoms with Gasteiger partial charge in [0.05, 0.1) is 12.1 Å². The normalized spacial score (nSPS) is 20.9. The molecule has 0 radical (unpaired) electrons. The molecule has 0 unspecified atom stereocenters. The molecule has 0 saturated heterocycles. The van der Waals surface area contributed by atoms with E-state index < -0.39 is 17.7 Å². The highest BCUT2D eigenvalue weighted by atomic mass is 35.5. The van der Waals surface area contributed by atoms with Gasteiger partial charge >= 0.3 is 12.1 Å². The van der Waals surface area contributed by atoms with Crippen LogP contribution in [0.2, 0.25) is 5.02 Å². The molecule has 134 valence electrons. The molecule has 1 aromatic rings. The minimum atomic E-state index is -4.39. The quantitative estimate of drug-likeness (QED) is 0.778. The molecule has 1 aliphatic carbocycles. The van der Waals surface area contributed by atoms with Crippen molar-refractivity contribution < 1.29 is 23.1 Å². The molecule has 1 fully saturated rings. The summed E-state index contributed by atoms with van der Waals surface area (Å²) in [5.74, 6) is -0.857. The Bertz CT molecular complexity index is 589. The van der Waals surface area contributed by atoms with Crippen molar-refractivity contribution in [1.29, 1.82) is 0 Å². The van der Waals surface area contributed by atoms with Gasteiger partial charge in [-0.25, -0.2) is 0 Å². The van der Waals surface area contributed by atoms with E-state index in [1.807, 2.05) is 11.8 Å². The fourth-order valence-electron chi connectivity index (χ4n) is 2.87. The van der Waals surface area contributed by atoms with Crippen LogP contribution in [-0.4, -0.2) is 41.1 Å². The molecule has 1 aromatic carbocycles. The monoisotopic (exact) mass is 364 g/mol. The summed E-state index contributed by atoms with van der Waals surface area (Å²) in [5.41, 5.74) is -0.304. The average Bonchev–Trinajstić information content (AvgIpc) is 2.44. The van der Waals surface area contributed by atoms with E-state index in [1.165, 1.54) is 6.07 Å². The number of nitrogens with zero attached hydrogens (tertiary/aromatic N) is 1. The number of carboxylic acid groups (broad SMARTS) is 1. The van der Waals surface area contributed by atoms with Crippen molar-refractivity contribution in [3.05, 3.63) is 34.3 Å². The van der Waals surface area contributed by atoms with Gasteiger partial charge in [0.1, 0.15) is 0 Å². The Morgan fingerprint density at radius 1 is 1.42 bits per heavy atom. The van der Waals surface area contributed by atoms with Gasteiger partial charge in [0.15, 0.2) is 0 Å². The van der Waals surface area contributed by atoms with Crippen LogP contribution in [0, 0.1) is 0 Å². The highest BCUT2D eigenvalue weighted by Gasteiger charge is 2.34. The maximum Gasteiger partial charge on any atom is 0.416 e. The van der Waals surface area contributed by atoms with E-state index >= 15 is 0 Å². The first-order valence-corrected chi connectivity index (χ1v) is 8.13. The Labute approximate surface area is 143 Å². The summed E-state index contributed by atoms with van der Waals surface area (Å²) in [6.45, 7) is 2.83. The zero-order chi connectivity index (χ0) is 17.9. The van der Waals surface area contributed by atoms with Crippen molar-refractivity contribution in [2.45, 2.75) is 44.6 Å². The van der Waals surface area contributed by atoms with Crippen molar-refractivity contribution in [3.63, 3.8) is 0 Å². The summed E-state index contributed by atoms with van der Waals surface area (Å²) in [4.78, 5) is 12.7. The summed E-state index contributed by atoms with van der Waals surface area (Å²) in [5, 5.41) is 12.3. The van der Waals surface area contributed by atoms with Crippen LogP contribution in [0.5, 0.6) is 0 Å². The Hall–Kier alpha value is -1.31. The molecule has 1 aliphatic rings. The Morgan fingerprint density at radius 3 is 2.62 bits per heavy atom. The molecule has 0 heterocycles. The number of alkyl halides is 3. The number of rotatable bonds is 7. The molecule has 0 bridgehead atoms. The summed E-state index contributed by atoms with van der Waals surface area (Å²) < 4.78 is 38.2. The van der Waals surface area contributed by atoms with Crippen LogP contribution in [0.1, 0.15) is 30.9 Å². The highest BCUT2D eigenvalue weighted by molar-refractivity contribution is 6.31. The van der Waals surface area contributed by atoms with Gasteiger partial charge in [0.2, 0.25) is 0 Å². The zero-order valence-corrected chi connectivity index (χ0v) is 14.0. The van der Waals surface area contributed by atoms with Gasteiger partial charge < -0.3 is 10.4 Å². The van der Waals surface area contributed by atoms with Crippen LogP contribution in [0.15, 0.2) is 18.2 Å². The molecule has 4 nitrogen and oxygen atoms in total. The van der Waals surface area contributed by atoms with Crippen LogP contribution >= 0.6 is 11.6 Å². The van der Waals surface area contributed by atoms with Crippen molar-refractivity contribution >= 4 is 17.6 Å². The minimum absolute atomic E-state index is 0.00728. The second-order valence-electron chi connectivity index (χ2n) is 5.96. The van der Waals surface area contributed by atoms with E-state index in [9.17, 15) is 18.0 Å². The lowest BCUT2D eigenvalue weighted by Gasteiger charge is -2.42. The SMILES string of the molecule is CCN(CC(=O)O)C1CC(NCc2cc(C(F)(F)F)ccc2Cl)C1. The topological polar surface area (TPSA) is 52.6 Å². The molecule has 8 heteroatoms. The van der Waals surface area contributed by atoms with E-state index in [2.05, 4.69) is 5.32 Å². The predicted octanol–water partition coefficient (Wildman–Crippen LogP) is 3.39. The lowest BCUT2D eigenvalue weighted by atomic mass is 9.85. The fraction of sp³-hybridized carbons (Fsp3) is 0.562. The lowest BCUT2D eigenvalue weighted by molar-refractivity contribution is -0.139. The van der Waals surface area contributed by atoms with E-state index in [-0.39, 0.29) is 25.2 Å². The van der Waals surface area contributed by atoms with E-state index in [0.717, 1.165) is 25.0 Å². The van der Waals surface area contributed by atoms with Crippen LogP contribution in [0.4, 0.5) is 13.2 Å². The van der Waals surface area contributed by atoms with Crippen molar-refractivity contribution in [2.24, 2.45) is 0 Å². The molecule has 0 amide bonds. The maximum absolute atomic E-state index is 12.7. The van der Waals surface area contributed by atoms with E-state index in [4.69, 9.17) is 16.7 Å². The van der Waals surface area contributed by atoms with Crippen molar-refractivity contribution in [2.75, 3.05) is 13.1 Å². The molecule has 24 heavy (non-hydrogen) atoms. The number of carboxylic acids is 1. The van der Waals surface area contributed by atoms with Crippen LogP contribution in [0.3, 0.4) is 0 Å². The summed E-state index contributed by atoms with van der Waals surface area (Å²) in [6, 6.07) is 3.64. The summed E-state index contributed by atoms with van der Waals surface area (Å²) in [7, 11) is 0. The zero-order valence-electron chi connectivity index (χ0n) is 13.2. The molecule has 0 aromatic heterocycles. The molecule has 0 spiro atoms. The number of likely N-dealkylation sites (N-methyl/N-ethyl adjacent to an activating group) is 1. The predicted molar refractivity (Wildman–Crippen MR) is 85.0 cm³/mol. The number of carbonyl (C=O) groups is 1. The third-order valence-electron chi connectivity index (χ3n) is 4.33. The van der Waals surface area contributed by atoms with Gasteiger partial charge in [-0.3, -0.25) is 9.69 Å². The Balaban J connectivity index is 1.86. The first-order chi connectivity index (χ1) is 11.2. The molecule has 1 saturated carbocycles. The molecule has 0 atom stereocenters. The second-order valence-corrected chi connectivity index (χ2v) is 6.37. The van der Waals surface area contributed by atoms with Gasteiger partial charge in [-0.15, -0.1) is 0 Å². The summed E-state index contributed by atoms with van der Waals surface area (Å²) >= 11 is 5.97. The highest BCUT2D eigenvalue weighted by Crippen LogP contribution is 2.32. The Kier molecular flexibility index (Phi) is 6.11. The smallest absolute Gasteiger partial charge is 0.416 e. The van der Waals surface area contributed by atoms with Gasteiger partial charge in [-0.05, 0) is 43.1 Å². The summed E-state index contributed by atoms with van der Waals surface area (Å²) in [6.07, 6.45) is -2.84. The number of halogens is 4. The second kappa shape index (κ2) is 7.72. The van der Waals surface area contributed by atoms with Gasteiger partial charge in [0.25, 0.3) is 0 Å². The lowest BCUT2D eigenvalue weighted by Crippen LogP contribution is -2.53. The number of hydrogen-bond acceptors (Lipinski definition) is 3. The average molecular weight is 365 g/mol. The molecular formula is C16H20ClF3N2O2. The first-order valence-electron chi connectivity index (χ1n) is 7.75. The van der Waals surface area contributed by atoms with E-state index in [1.54, 1.807) is 0 Å².